The zero-order valence-electron chi connectivity index (χ0n) is 19.1. The van der Waals surface area contributed by atoms with E-state index in [9.17, 15) is 4.79 Å². The van der Waals surface area contributed by atoms with Gasteiger partial charge in [0.25, 0.3) is 0 Å². The molecule has 1 amide bonds. The number of methoxy groups -OCH3 is 1. The molecule has 1 saturated carbocycles. The summed E-state index contributed by atoms with van der Waals surface area (Å²) >= 11 is 5.56. The first-order valence-corrected chi connectivity index (χ1v) is 11.8. The predicted molar refractivity (Wildman–Crippen MR) is 131 cm³/mol. The summed E-state index contributed by atoms with van der Waals surface area (Å²) in [5.41, 5.74) is 5.00. The van der Waals surface area contributed by atoms with Gasteiger partial charge in [0, 0.05) is 13.7 Å². The second-order valence-electron chi connectivity index (χ2n) is 8.94. The van der Waals surface area contributed by atoms with Crippen LogP contribution in [0.25, 0.3) is 11.1 Å². The lowest BCUT2D eigenvalue weighted by Gasteiger charge is -2.42. The van der Waals surface area contributed by atoms with Crippen LogP contribution < -0.4 is 10.1 Å². The molecular formula is C26H32N2O3S. The Labute approximate surface area is 196 Å². The third kappa shape index (κ3) is 4.39. The van der Waals surface area contributed by atoms with E-state index in [0.29, 0.717) is 11.2 Å². The molecule has 0 aromatic heterocycles. The monoisotopic (exact) mass is 452 g/mol. The molecule has 0 saturated heterocycles. The van der Waals surface area contributed by atoms with E-state index in [0.717, 1.165) is 62.0 Å². The van der Waals surface area contributed by atoms with Crippen LogP contribution in [0.2, 0.25) is 0 Å². The number of carbonyl (C=O) groups excluding carboxylic acids is 1. The molecule has 1 N–H and O–H groups in total. The van der Waals surface area contributed by atoms with Crippen LogP contribution in [0.4, 0.5) is 0 Å². The summed E-state index contributed by atoms with van der Waals surface area (Å²) in [5, 5.41) is 4.02. The van der Waals surface area contributed by atoms with Crippen molar-refractivity contribution < 1.29 is 14.3 Å². The van der Waals surface area contributed by atoms with Crippen LogP contribution in [0.15, 0.2) is 42.5 Å². The van der Waals surface area contributed by atoms with Crippen LogP contribution in [0.3, 0.4) is 0 Å². The van der Waals surface area contributed by atoms with Crippen molar-refractivity contribution in [1.82, 2.24) is 10.2 Å². The number of amides is 1. The minimum absolute atomic E-state index is 0.0699. The highest BCUT2D eigenvalue weighted by Crippen LogP contribution is 2.55. The van der Waals surface area contributed by atoms with Crippen molar-refractivity contribution in [2.45, 2.75) is 51.2 Å². The molecule has 1 unspecified atom stereocenters. The van der Waals surface area contributed by atoms with Crippen LogP contribution in [-0.4, -0.2) is 43.3 Å². The number of carbonyl (C=O) groups is 1. The topological polar surface area (TPSA) is 50.8 Å². The van der Waals surface area contributed by atoms with Crippen LogP contribution in [0, 0.1) is 5.41 Å². The Kier molecular flexibility index (Phi) is 6.82. The lowest BCUT2D eigenvalue weighted by Crippen LogP contribution is -2.45. The molecule has 0 radical (unpaired) electrons. The maximum absolute atomic E-state index is 11.3. The fraction of sp³-hybridized carbons (Fsp3) is 0.462. The average molecular weight is 453 g/mol. The van der Waals surface area contributed by atoms with E-state index in [1.807, 2.05) is 12.1 Å². The van der Waals surface area contributed by atoms with Crippen molar-refractivity contribution >= 4 is 23.7 Å². The highest BCUT2D eigenvalue weighted by atomic mass is 32.1. The van der Waals surface area contributed by atoms with E-state index in [-0.39, 0.29) is 11.5 Å². The number of thiocarbonyl (C=S) groups is 1. The molecule has 4 rings (SSSR count). The van der Waals surface area contributed by atoms with E-state index < -0.39 is 0 Å². The summed E-state index contributed by atoms with van der Waals surface area (Å²) in [5.74, 6) is 0.845. The van der Waals surface area contributed by atoms with Crippen molar-refractivity contribution in [3.05, 3.63) is 53.6 Å². The number of hydrogen-bond acceptors (Lipinski definition) is 4. The van der Waals surface area contributed by atoms with Crippen LogP contribution in [-0.2, 0) is 16.0 Å². The minimum Gasteiger partial charge on any atom is -0.497 e. The molecule has 2 aliphatic rings. The van der Waals surface area contributed by atoms with Crippen molar-refractivity contribution in [2.75, 3.05) is 20.8 Å². The second-order valence-corrected chi connectivity index (χ2v) is 9.32. The summed E-state index contributed by atoms with van der Waals surface area (Å²) in [4.78, 5) is 12.8. The van der Waals surface area contributed by atoms with Gasteiger partial charge in [-0.2, -0.15) is 0 Å². The standard InChI is InChI=1S/C26H32N2O3S/c1-4-31-21-10-12-26(13-11-21)16-20-9-8-19(18-6-5-7-22(14-18)30-3)15-23(20)24(26)27-25(32)28(2)17-29/h5-9,14-15,17,21,24H,4,10-13,16H2,1-3H3,(H,27,32). The minimum atomic E-state index is 0.0699. The summed E-state index contributed by atoms with van der Waals surface area (Å²) < 4.78 is 11.3. The van der Waals surface area contributed by atoms with Crippen molar-refractivity contribution in [3.8, 4) is 16.9 Å². The fourth-order valence-electron chi connectivity index (χ4n) is 5.36. The maximum atomic E-state index is 11.3. The molecule has 1 spiro atoms. The Bertz CT molecular complexity index is 985. The number of benzene rings is 2. The van der Waals surface area contributed by atoms with E-state index >= 15 is 0 Å². The normalized spacial score (nSPS) is 24.1. The Morgan fingerprint density at radius 3 is 2.66 bits per heavy atom. The predicted octanol–water partition coefficient (Wildman–Crippen LogP) is 4.89. The maximum Gasteiger partial charge on any atom is 0.215 e. The Morgan fingerprint density at radius 2 is 1.97 bits per heavy atom. The molecule has 2 aliphatic carbocycles. The van der Waals surface area contributed by atoms with Gasteiger partial charge in [-0.1, -0.05) is 24.3 Å². The van der Waals surface area contributed by atoms with E-state index in [4.69, 9.17) is 21.7 Å². The molecular weight excluding hydrogens is 420 g/mol. The summed E-state index contributed by atoms with van der Waals surface area (Å²) in [6.45, 7) is 2.83. The molecule has 2 aromatic carbocycles. The third-order valence-corrected chi connectivity index (χ3v) is 7.50. The van der Waals surface area contributed by atoms with Gasteiger partial charge in [-0.15, -0.1) is 0 Å². The van der Waals surface area contributed by atoms with E-state index in [1.54, 1.807) is 14.2 Å². The fourth-order valence-corrected chi connectivity index (χ4v) is 5.52. The largest absolute Gasteiger partial charge is 0.497 e. The van der Waals surface area contributed by atoms with Gasteiger partial charge in [0.15, 0.2) is 5.11 Å². The van der Waals surface area contributed by atoms with Crippen LogP contribution in [0.1, 0.15) is 49.8 Å². The highest BCUT2D eigenvalue weighted by Gasteiger charge is 2.48. The number of nitrogens with zero attached hydrogens (tertiary/aromatic N) is 1. The molecule has 0 bridgehead atoms. The quantitative estimate of drug-likeness (QED) is 0.500. The Balaban J connectivity index is 1.68. The number of rotatable bonds is 6. The Morgan fingerprint density at radius 1 is 1.22 bits per heavy atom. The molecule has 170 valence electrons. The molecule has 1 atom stereocenters. The summed E-state index contributed by atoms with van der Waals surface area (Å²) in [6.07, 6.45) is 6.38. The van der Waals surface area contributed by atoms with Crippen molar-refractivity contribution in [1.29, 1.82) is 0 Å². The lowest BCUT2D eigenvalue weighted by atomic mass is 9.68. The average Bonchev–Trinajstić information content (AvgIpc) is 3.12. The van der Waals surface area contributed by atoms with Gasteiger partial charge in [0.05, 0.1) is 19.3 Å². The zero-order chi connectivity index (χ0) is 22.7. The number of hydrogen-bond donors (Lipinski definition) is 1. The SMILES string of the molecule is CCOC1CCC2(CC1)Cc1ccc(-c3cccc(OC)c3)cc1C2NC(=S)N(C)C=O. The van der Waals surface area contributed by atoms with Crippen LogP contribution >= 0.6 is 12.2 Å². The molecule has 2 aromatic rings. The van der Waals surface area contributed by atoms with E-state index in [1.165, 1.54) is 16.0 Å². The van der Waals surface area contributed by atoms with Crippen molar-refractivity contribution in [2.24, 2.45) is 5.41 Å². The zero-order valence-corrected chi connectivity index (χ0v) is 19.9. The summed E-state index contributed by atoms with van der Waals surface area (Å²) in [7, 11) is 3.39. The Hall–Kier alpha value is -2.44. The van der Waals surface area contributed by atoms with Crippen LogP contribution in [0.5, 0.6) is 5.75 Å². The third-order valence-electron chi connectivity index (χ3n) is 7.09. The van der Waals surface area contributed by atoms with Gasteiger partial charge in [0.1, 0.15) is 5.75 Å². The van der Waals surface area contributed by atoms with Gasteiger partial charge in [-0.25, -0.2) is 0 Å². The van der Waals surface area contributed by atoms with Gasteiger partial charge >= 0.3 is 0 Å². The van der Waals surface area contributed by atoms with Gasteiger partial charge in [-0.3, -0.25) is 9.69 Å². The van der Waals surface area contributed by atoms with Crippen molar-refractivity contribution in [3.63, 3.8) is 0 Å². The first-order valence-electron chi connectivity index (χ1n) is 11.4. The molecule has 32 heavy (non-hydrogen) atoms. The smallest absolute Gasteiger partial charge is 0.215 e. The number of ether oxygens (including phenoxy) is 2. The molecule has 0 heterocycles. The number of nitrogens with one attached hydrogen (secondary N) is 1. The molecule has 1 fully saturated rings. The van der Waals surface area contributed by atoms with Gasteiger partial charge < -0.3 is 14.8 Å². The molecule has 5 nitrogen and oxygen atoms in total. The highest BCUT2D eigenvalue weighted by molar-refractivity contribution is 7.80. The van der Waals surface area contributed by atoms with Gasteiger partial charge in [-0.05, 0) is 97.1 Å². The lowest BCUT2D eigenvalue weighted by molar-refractivity contribution is -0.114. The first-order chi connectivity index (χ1) is 15.5. The summed E-state index contributed by atoms with van der Waals surface area (Å²) in [6, 6.07) is 15.0. The number of fused-ring (bicyclic) bond motifs is 1. The molecule has 0 aliphatic heterocycles. The van der Waals surface area contributed by atoms with Gasteiger partial charge in [0.2, 0.25) is 6.41 Å². The molecule has 6 heteroatoms. The first kappa shape index (κ1) is 22.7. The second kappa shape index (κ2) is 9.59. The van der Waals surface area contributed by atoms with E-state index in [2.05, 4.69) is 42.6 Å².